The molecule has 1 heterocycles. The zero-order chi connectivity index (χ0) is 10.7. The topological polar surface area (TPSA) is 61.0 Å². The molecular formula is C7H7Cl2N3O2. The summed E-state index contributed by atoms with van der Waals surface area (Å²) >= 11 is 11.1. The molecule has 0 unspecified atom stereocenters. The molecule has 76 valence electrons. The number of hydrogen-bond acceptors (Lipinski definition) is 3. The van der Waals surface area contributed by atoms with Gasteiger partial charge < -0.3 is 10.1 Å². The Kier molecular flexibility index (Phi) is 3.49. The van der Waals surface area contributed by atoms with Crippen molar-refractivity contribution < 1.29 is 4.92 Å². The van der Waals surface area contributed by atoms with Gasteiger partial charge in [0.15, 0.2) is 5.02 Å². The molecule has 0 bridgehead atoms. The molecule has 0 fully saturated rings. The Bertz CT molecular complexity index is 375. The summed E-state index contributed by atoms with van der Waals surface area (Å²) in [5.74, 6) is -0.0697. The third-order valence-electron chi connectivity index (χ3n) is 1.45. The van der Waals surface area contributed by atoms with Crippen molar-refractivity contribution in [2.75, 3.05) is 5.88 Å². The number of alkyl halides is 1. The Morgan fingerprint density at radius 2 is 2.43 bits per heavy atom. The molecule has 1 rings (SSSR count). The molecule has 1 aromatic heterocycles. The Morgan fingerprint density at radius 3 is 2.86 bits per heavy atom. The Labute approximate surface area is 90.1 Å². The Balaban J connectivity index is 2.86. The lowest BCUT2D eigenvalue weighted by Gasteiger charge is -1.95. The van der Waals surface area contributed by atoms with Crippen LogP contribution in [-0.4, -0.2) is 20.6 Å². The predicted octanol–water partition coefficient (Wildman–Crippen LogP) is 2.24. The molecule has 0 spiro atoms. The lowest BCUT2D eigenvalue weighted by molar-refractivity contribution is -0.389. The maximum absolute atomic E-state index is 10.4. The average Bonchev–Trinajstić information content (AvgIpc) is 2.46. The fourth-order valence-corrected chi connectivity index (χ4v) is 1.17. The molecule has 0 atom stereocenters. The summed E-state index contributed by atoms with van der Waals surface area (Å²) in [6, 6.07) is 0. The van der Waals surface area contributed by atoms with Crippen LogP contribution in [0.25, 0.3) is 0 Å². The van der Waals surface area contributed by atoms with Crippen molar-refractivity contribution in [1.82, 2.24) is 9.78 Å². The van der Waals surface area contributed by atoms with Crippen molar-refractivity contribution in [3.05, 3.63) is 33.5 Å². The zero-order valence-corrected chi connectivity index (χ0v) is 8.62. The van der Waals surface area contributed by atoms with Crippen LogP contribution in [-0.2, 0) is 6.54 Å². The molecule has 0 aromatic carbocycles. The number of allylic oxidation sites excluding steroid dienone is 1. The van der Waals surface area contributed by atoms with Crippen LogP contribution in [0.4, 0.5) is 5.82 Å². The number of aromatic nitrogens is 2. The quantitative estimate of drug-likeness (QED) is 0.348. The minimum absolute atomic E-state index is 0.0115. The van der Waals surface area contributed by atoms with E-state index in [4.69, 9.17) is 23.2 Å². The highest BCUT2D eigenvalue weighted by Gasteiger charge is 2.18. The summed E-state index contributed by atoms with van der Waals surface area (Å²) in [5.41, 5.74) is 0.709. The van der Waals surface area contributed by atoms with Gasteiger partial charge in [-0.15, -0.1) is 11.6 Å². The van der Waals surface area contributed by atoms with Crippen LogP contribution in [0.2, 0.25) is 5.02 Å². The molecular weight excluding hydrogens is 229 g/mol. The van der Waals surface area contributed by atoms with Crippen molar-refractivity contribution in [3.8, 4) is 0 Å². The van der Waals surface area contributed by atoms with E-state index in [-0.39, 0.29) is 16.7 Å². The molecule has 0 N–H and O–H groups in total. The van der Waals surface area contributed by atoms with E-state index in [1.165, 1.54) is 10.9 Å². The molecule has 0 saturated heterocycles. The molecule has 0 aliphatic rings. The zero-order valence-electron chi connectivity index (χ0n) is 7.11. The average molecular weight is 236 g/mol. The number of hydrogen-bond donors (Lipinski definition) is 0. The highest BCUT2D eigenvalue weighted by atomic mass is 35.5. The summed E-state index contributed by atoms with van der Waals surface area (Å²) in [5, 5.41) is 14.1. The minimum Gasteiger partial charge on any atom is -0.358 e. The number of nitro groups is 1. The second-order valence-corrected chi connectivity index (χ2v) is 3.31. The Hall–Kier alpha value is -1.07. The van der Waals surface area contributed by atoms with Crippen LogP contribution in [0.1, 0.15) is 0 Å². The highest BCUT2D eigenvalue weighted by molar-refractivity contribution is 6.32. The van der Waals surface area contributed by atoms with Crippen molar-refractivity contribution in [1.29, 1.82) is 0 Å². The predicted molar refractivity (Wildman–Crippen MR) is 53.8 cm³/mol. The van der Waals surface area contributed by atoms with Gasteiger partial charge in [-0.05, 0) is 10.5 Å². The standard InChI is InChI=1S/C7H7Cl2N3O2/c1-5(2-8)3-11-4-6(9)7(10-11)12(13)14/h4H,1-3H2. The molecule has 1 aromatic rings. The van der Waals surface area contributed by atoms with Crippen molar-refractivity contribution in [2.45, 2.75) is 6.54 Å². The van der Waals surface area contributed by atoms with Gasteiger partial charge in [-0.2, -0.15) is 4.68 Å². The molecule has 5 nitrogen and oxygen atoms in total. The van der Waals surface area contributed by atoms with Crippen LogP contribution in [0.3, 0.4) is 0 Å². The number of nitrogens with zero attached hydrogens (tertiary/aromatic N) is 3. The lowest BCUT2D eigenvalue weighted by Crippen LogP contribution is -2.02. The van der Waals surface area contributed by atoms with E-state index in [1.807, 2.05) is 0 Å². The third kappa shape index (κ3) is 2.46. The van der Waals surface area contributed by atoms with Crippen LogP contribution < -0.4 is 0 Å². The van der Waals surface area contributed by atoms with Gasteiger partial charge in [0.05, 0.1) is 17.8 Å². The largest absolute Gasteiger partial charge is 0.408 e. The van der Waals surface area contributed by atoms with Gasteiger partial charge in [-0.1, -0.05) is 18.2 Å². The fraction of sp³-hybridized carbons (Fsp3) is 0.286. The highest BCUT2D eigenvalue weighted by Crippen LogP contribution is 2.21. The van der Waals surface area contributed by atoms with Gasteiger partial charge in [-0.3, -0.25) is 0 Å². The van der Waals surface area contributed by atoms with E-state index >= 15 is 0 Å². The minimum atomic E-state index is -0.637. The first-order valence-corrected chi connectivity index (χ1v) is 4.55. The second kappa shape index (κ2) is 4.43. The van der Waals surface area contributed by atoms with Crippen molar-refractivity contribution in [3.63, 3.8) is 0 Å². The summed E-state index contributed by atoms with van der Waals surface area (Å²) in [6.07, 6.45) is 1.37. The van der Waals surface area contributed by atoms with Gasteiger partial charge >= 0.3 is 5.82 Å². The monoisotopic (exact) mass is 235 g/mol. The molecule has 7 heteroatoms. The van der Waals surface area contributed by atoms with Gasteiger partial charge in [0.2, 0.25) is 0 Å². The first kappa shape index (κ1) is 11.0. The molecule has 14 heavy (non-hydrogen) atoms. The van der Waals surface area contributed by atoms with Crippen LogP contribution in [0.5, 0.6) is 0 Å². The maximum atomic E-state index is 10.4. The summed E-state index contributed by atoms with van der Waals surface area (Å²) in [7, 11) is 0. The number of rotatable bonds is 4. The van der Waals surface area contributed by atoms with Gasteiger partial charge in [0.1, 0.15) is 0 Å². The van der Waals surface area contributed by atoms with Crippen LogP contribution >= 0.6 is 23.2 Å². The fourth-order valence-electron chi connectivity index (χ4n) is 0.863. The summed E-state index contributed by atoms with van der Waals surface area (Å²) in [4.78, 5) is 9.75. The van der Waals surface area contributed by atoms with Crippen molar-refractivity contribution >= 4 is 29.0 Å². The van der Waals surface area contributed by atoms with Gasteiger partial charge in [0.25, 0.3) is 0 Å². The first-order chi connectivity index (χ1) is 6.54. The van der Waals surface area contributed by atoms with E-state index in [0.29, 0.717) is 12.1 Å². The Morgan fingerprint density at radius 1 is 1.79 bits per heavy atom. The summed E-state index contributed by atoms with van der Waals surface area (Å²) < 4.78 is 1.34. The van der Waals surface area contributed by atoms with E-state index in [2.05, 4.69) is 11.7 Å². The molecule has 0 amide bonds. The SMILES string of the molecule is C=C(CCl)Cn1cc(Cl)c([N+](=O)[O-])n1. The number of halogens is 2. The van der Waals surface area contributed by atoms with Crippen molar-refractivity contribution in [2.24, 2.45) is 0 Å². The third-order valence-corrected chi connectivity index (χ3v) is 2.09. The molecule has 0 saturated carbocycles. The van der Waals surface area contributed by atoms with E-state index < -0.39 is 4.92 Å². The molecule has 0 aliphatic carbocycles. The van der Waals surface area contributed by atoms with Crippen LogP contribution in [0.15, 0.2) is 18.3 Å². The normalized spacial score (nSPS) is 10.1. The lowest BCUT2D eigenvalue weighted by atomic mass is 10.3. The van der Waals surface area contributed by atoms with Gasteiger partial charge in [0, 0.05) is 5.88 Å². The smallest absolute Gasteiger partial charge is 0.358 e. The van der Waals surface area contributed by atoms with Crippen LogP contribution in [0, 0.1) is 10.1 Å². The molecule has 0 aliphatic heterocycles. The van der Waals surface area contributed by atoms with E-state index in [1.54, 1.807) is 0 Å². The first-order valence-electron chi connectivity index (χ1n) is 3.64. The summed E-state index contributed by atoms with van der Waals surface area (Å²) in [6.45, 7) is 3.98. The van der Waals surface area contributed by atoms with E-state index in [9.17, 15) is 10.1 Å². The van der Waals surface area contributed by atoms with E-state index in [0.717, 1.165) is 0 Å². The molecule has 0 radical (unpaired) electrons. The maximum Gasteiger partial charge on any atom is 0.408 e. The second-order valence-electron chi connectivity index (χ2n) is 2.64. The van der Waals surface area contributed by atoms with Gasteiger partial charge in [-0.25, -0.2) is 0 Å².